The van der Waals surface area contributed by atoms with Crippen LogP contribution in [0.25, 0.3) is 22.1 Å². The molecule has 1 fully saturated rings. The number of phenolic OH excluding ortho intramolecular Hbond substituents is 1. The minimum Gasteiger partial charge on any atom is -0.504 e. The molecule has 0 radical (unpaired) electrons. The van der Waals surface area contributed by atoms with Gasteiger partial charge in [0, 0.05) is 43.3 Å². The van der Waals surface area contributed by atoms with E-state index in [1.54, 1.807) is 30.3 Å². The maximum Gasteiger partial charge on any atom is 0.253 e. The number of alkyl halides is 2. The highest BCUT2D eigenvalue weighted by molar-refractivity contribution is 5.95. The second kappa shape index (κ2) is 6.93. The third-order valence-electron chi connectivity index (χ3n) is 5.24. The second-order valence-corrected chi connectivity index (χ2v) is 7.21. The summed E-state index contributed by atoms with van der Waals surface area (Å²) in [5, 5.41) is 11.1. The lowest BCUT2D eigenvalue weighted by atomic mass is 10.0. The SMILES string of the molecule is CCc1cc2cc(-c3ccc(C(=O)N4CCC(F)(F)CC4)cc3)cc(O)c2o1. The first kappa shape index (κ1) is 18.5. The summed E-state index contributed by atoms with van der Waals surface area (Å²) in [4.78, 5) is 14.0. The van der Waals surface area contributed by atoms with Crippen molar-refractivity contribution in [3.63, 3.8) is 0 Å². The molecular formula is C22H21F2NO3. The summed E-state index contributed by atoms with van der Waals surface area (Å²) in [6.07, 6.45) is 0.157. The molecule has 1 N–H and O–H groups in total. The number of halogens is 2. The average molecular weight is 385 g/mol. The lowest BCUT2D eigenvalue weighted by molar-refractivity contribution is -0.0494. The molecule has 2 aromatic carbocycles. The number of nitrogens with zero attached hydrogens (tertiary/aromatic N) is 1. The molecular weight excluding hydrogens is 364 g/mol. The van der Waals surface area contributed by atoms with Crippen molar-refractivity contribution < 1.29 is 23.1 Å². The summed E-state index contributed by atoms with van der Waals surface area (Å²) in [5.41, 5.74) is 2.59. The number of benzene rings is 2. The molecule has 4 nitrogen and oxygen atoms in total. The van der Waals surface area contributed by atoms with Crippen LogP contribution in [0.5, 0.6) is 5.75 Å². The van der Waals surface area contributed by atoms with E-state index in [1.807, 2.05) is 19.1 Å². The van der Waals surface area contributed by atoms with Gasteiger partial charge in [0.25, 0.3) is 11.8 Å². The first-order valence-corrected chi connectivity index (χ1v) is 9.39. The molecule has 146 valence electrons. The summed E-state index contributed by atoms with van der Waals surface area (Å²) in [6, 6.07) is 12.5. The molecule has 1 amide bonds. The van der Waals surface area contributed by atoms with Crippen molar-refractivity contribution in [3.8, 4) is 16.9 Å². The third kappa shape index (κ3) is 3.46. The van der Waals surface area contributed by atoms with Crippen LogP contribution in [0.4, 0.5) is 8.78 Å². The molecule has 1 aliphatic heterocycles. The number of carbonyl (C=O) groups is 1. The van der Waals surface area contributed by atoms with Crippen molar-refractivity contribution in [2.45, 2.75) is 32.1 Å². The molecule has 0 aliphatic carbocycles. The molecule has 0 spiro atoms. The highest BCUT2D eigenvalue weighted by Gasteiger charge is 2.35. The van der Waals surface area contributed by atoms with E-state index >= 15 is 0 Å². The number of likely N-dealkylation sites (tertiary alicyclic amines) is 1. The Bertz CT molecular complexity index is 1010. The van der Waals surface area contributed by atoms with Gasteiger partial charge in [-0.25, -0.2) is 8.78 Å². The average Bonchev–Trinajstić information content (AvgIpc) is 3.11. The largest absolute Gasteiger partial charge is 0.504 e. The van der Waals surface area contributed by atoms with Gasteiger partial charge in [0.1, 0.15) is 5.76 Å². The van der Waals surface area contributed by atoms with Gasteiger partial charge in [-0.3, -0.25) is 4.79 Å². The van der Waals surface area contributed by atoms with Gasteiger partial charge < -0.3 is 14.4 Å². The zero-order chi connectivity index (χ0) is 19.9. The summed E-state index contributed by atoms with van der Waals surface area (Å²) < 4.78 is 32.2. The number of fused-ring (bicyclic) bond motifs is 1. The minimum atomic E-state index is -2.67. The van der Waals surface area contributed by atoms with E-state index in [-0.39, 0.29) is 37.6 Å². The van der Waals surface area contributed by atoms with Gasteiger partial charge in [-0.15, -0.1) is 0 Å². The molecule has 0 unspecified atom stereocenters. The molecule has 2 heterocycles. The molecule has 0 bridgehead atoms. The van der Waals surface area contributed by atoms with Gasteiger partial charge in [-0.2, -0.15) is 0 Å². The Hall–Kier alpha value is -2.89. The van der Waals surface area contributed by atoms with E-state index in [9.17, 15) is 18.7 Å². The minimum absolute atomic E-state index is 0.0678. The molecule has 4 rings (SSSR count). The fraction of sp³-hybridized carbons (Fsp3) is 0.318. The number of piperidine rings is 1. The molecule has 6 heteroatoms. The molecule has 1 aliphatic rings. The molecule has 0 atom stereocenters. The number of hydrogen-bond acceptors (Lipinski definition) is 3. The topological polar surface area (TPSA) is 53.7 Å². The zero-order valence-electron chi connectivity index (χ0n) is 15.5. The Morgan fingerprint density at radius 2 is 1.79 bits per heavy atom. The van der Waals surface area contributed by atoms with Crippen molar-refractivity contribution in [3.05, 3.63) is 53.8 Å². The van der Waals surface area contributed by atoms with Crippen LogP contribution in [0.1, 0.15) is 35.9 Å². The molecule has 1 saturated heterocycles. The van der Waals surface area contributed by atoms with Gasteiger partial charge in [-0.1, -0.05) is 19.1 Å². The van der Waals surface area contributed by atoms with Gasteiger partial charge in [0.15, 0.2) is 11.3 Å². The van der Waals surface area contributed by atoms with Crippen LogP contribution in [0.2, 0.25) is 0 Å². The standard InChI is InChI=1S/C22H21F2NO3/c1-2-18-12-17-11-16(13-19(26)20(17)28-18)14-3-5-15(6-4-14)21(27)25-9-7-22(23,24)8-10-25/h3-6,11-13,26H,2,7-10H2,1H3. The van der Waals surface area contributed by atoms with Crippen molar-refractivity contribution >= 4 is 16.9 Å². The maximum absolute atomic E-state index is 13.3. The normalized spacial score (nSPS) is 16.5. The third-order valence-corrected chi connectivity index (χ3v) is 5.24. The smallest absolute Gasteiger partial charge is 0.253 e. The van der Waals surface area contributed by atoms with Crippen molar-refractivity contribution in [2.75, 3.05) is 13.1 Å². The molecule has 1 aromatic heterocycles. The molecule has 28 heavy (non-hydrogen) atoms. The fourth-order valence-electron chi connectivity index (χ4n) is 3.55. The lowest BCUT2D eigenvalue weighted by Gasteiger charge is -2.31. The zero-order valence-corrected chi connectivity index (χ0v) is 15.5. The first-order valence-electron chi connectivity index (χ1n) is 9.39. The lowest BCUT2D eigenvalue weighted by Crippen LogP contribution is -2.42. The van der Waals surface area contributed by atoms with E-state index in [0.29, 0.717) is 11.1 Å². The van der Waals surface area contributed by atoms with Crippen LogP contribution >= 0.6 is 0 Å². The molecule has 0 saturated carbocycles. The number of aryl methyl sites for hydroxylation is 1. The quantitative estimate of drug-likeness (QED) is 0.671. The van der Waals surface area contributed by atoms with Crippen molar-refractivity contribution in [2.24, 2.45) is 0 Å². The number of aromatic hydroxyl groups is 1. The number of hydrogen-bond donors (Lipinski definition) is 1. The van der Waals surface area contributed by atoms with E-state index in [4.69, 9.17) is 4.42 Å². The number of carbonyl (C=O) groups excluding carboxylic acids is 1. The Morgan fingerprint density at radius 3 is 2.43 bits per heavy atom. The van der Waals surface area contributed by atoms with Gasteiger partial charge in [-0.05, 0) is 41.5 Å². The van der Waals surface area contributed by atoms with Crippen LogP contribution in [0.15, 0.2) is 46.9 Å². The summed E-state index contributed by atoms with van der Waals surface area (Å²) in [7, 11) is 0. The monoisotopic (exact) mass is 385 g/mol. The first-order chi connectivity index (χ1) is 13.4. The Labute approximate surface area is 161 Å². The number of phenols is 1. The van der Waals surface area contributed by atoms with Crippen LogP contribution < -0.4 is 0 Å². The molecule has 3 aromatic rings. The number of furan rings is 1. The van der Waals surface area contributed by atoms with Crippen LogP contribution in [0.3, 0.4) is 0 Å². The van der Waals surface area contributed by atoms with E-state index in [1.165, 1.54) is 4.90 Å². The van der Waals surface area contributed by atoms with Gasteiger partial charge in [0.2, 0.25) is 0 Å². The van der Waals surface area contributed by atoms with E-state index in [0.717, 1.165) is 28.7 Å². The predicted octanol–water partition coefficient (Wildman–Crippen LogP) is 5.24. The van der Waals surface area contributed by atoms with Crippen LogP contribution in [-0.2, 0) is 6.42 Å². The van der Waals surface area contributed by atoms with Crippen LogP contribution in [-0.4, -0.2) is 34.9 Å². The summed E-state index contributed by atoms with van der Waals surface area (Å²) >= 11 is 0. The van der Waals surface area contributed by atoms with Gasteiger partial charge >= 0.3 is 0 Å². The second-order valence-electron chi connectivity index (χ2n) is 7.21. The highest BCUT2D eigenvalue weighted by atomic mass is 19.3. The van der Waals surface area contributed by atoms with Crippen molar-refractivity contribution in [1.82, 2.24) is 4.90 Å². The Morgan fingerprint density at radius 1 is 1.11 bits per heavy atom. The summed E-state index contributed by atoms with van der Waals surface area (Å²) in [5.74, 6) is -2.04. The van der Waals surface area contributed by atoms with Crippen LogP contribution in [0, 0.1) is 0 Å². The van der Waals surface area contributed by atoms with Crippen molar-refractivity contribution in [1.29, 1.82) is 0 Å². The fourth-order valence-corrected chi connectivity index (χ4v) is 3.55. The number of amides is 1. The van der Waals surface area contributed by atoms with E-state index in [2.05, 4.69) is 0 Å². The predicted molar refractivity (Wildman–Crippen MR) is 103 cm³/mol. The maximum atomic E-state index is 13.3. The van der Waals surface area contributed by atoms with E-state index < -0.39 is 5.92 Å². The highest BCUT2D eigenvalue weighted by Crippen LogP contribution is 2.34. The Kier molecular flexibility index (Phi) is 4.57. The van der Waals surface area contributed by atoms with Gasteiger partial charge in [0.05, 0.1) is 0 Å². The number of rotatable bonds is 3. The summed E-state index contributed by atoms with van der Waals surface area (Å²) in [6.45, 7) is 2.12. The Balaban J connectivity index is 1.56.